The summed E-state index contributed by atoms with van der Waals surface area (Å²) in [4.78, 5) is 11.6. The highest BCUT2D eigenvalue weighted by atomic mass is 35.5. The Balaban J connectivity index is 2.86. The number of hydrogen-bond donors (Lipinski definition) is 2. The fraction of sp³-hybridized carbons (Fsp3) is 0.600. The number of aliphatic hydroxyl groups is 1. The molecule has 0 aliphatic heterocycles. The van der Waals surface area contributed by atoms with Crippen molar-refractivity contribution in [2.75, 3.05) is 23.9 Å². The Morgan fingerprint density at radius 2 is 2.41 bits per heavy atom. The van der Waals surface area contributed by atoms with Gasteiger partial charge in [0.05, 0.1) is 11.9 Å². The molecule has 0 unspecified atom stereocenters. The Kier molecular flexibility index (Phi) is 5.80. The minimum absolute atomic E-state index is 0.0707. The molecule has 1 rings (SSSR count). The standard InChI is InChI=1S/C10H16ClN3O2S/c1-14-10(16)9(11)8(5-12-14)13-7(3-4-15)6-17-2/h5,7,13,15H,3-4,6H2,1-2H3/t7-/m0/s1. The van der Waals surface area contributed by atoms with Gasteiger partial charge in [0, 0.05) is 25.4 Å². The first-order valence-electron chi connectivity index (χ1n) is 5.18. The minimum Gasteiger partial charge on any atom is -0.396 e. The Labute approximate surface area is 109 Å². The van der Waals surface area contributed by atoms with Gasteiger partial charge in [-0.25, -0.2) is 4.68 Å². The van der Waals surface area contributed by atoms with Gasteiger partial charge in [-0.2, -0.15) is 16.9 Å². The van der Waals surface area contributed by atoms with Crippen molar-refractivity contribution < 1.29 is 5.11 Å². The summed E-state index contributed by atoms with van der Waals surface area (Å²) < 4.78 is 1.18. The van der Waals surface area contributed by atoms with Gasteiger partial charge in [0.1, 0.15) is 5.02 Å². The zero-order valence-electron chi connectivity index (χ0n) is 9.81. The molecule has 1 atom stereocenters. The zero-order chi connectivity index (χ0) is 12.8. The van der Waals surface area contributed by atoms with Gasteiger partial charge in [-0.05, 0) is 12.7 Å². The summed E-state index contributed by atoms with van der Waals surface area (Å²) in [6, 6.07) is 0.0707. The first-order chi connectivity index (χ1) is 8.10. The number of aryl methyl sites for hydroxylation is 1. The lowest BCUT2D eigenvalue weighted by Crippen LogP contribution is -2.27. The summed E-state index contributed by atoms with van der Waals surface area (Å²) in [6.07, 6.45) is 4.11. The van der Waals surface area contributed by atoms with Gasteiger partial charge >= 0.3 is 0 Å². The number of nitrogens with zero attached hydrogens (tertiary/aromatic N) is 2. The summed E-state index contributed by atoms with van der Waals surface area (Å²) in [5.74, 6) is 0.825. The number of hydrogen-bond acceptors (Lipinski definition) is 5. The van der Waals surface area contributed by atoms with Crippen LogP contribution in [0.15, 0.2) is 11.0 Å². The maximum Gasteiger partial charge on any atom is 0.287 e. The second-order valence-electron chi connectivity index (χ2n) is 3.61. The van der Waals surface area contributed by atoms with E-state index < -0.39 is 0 Å². The van der Waals surface area contributed by atoms with Gasteiger partial charge in [-0.1, -0.05) is 11.6 Å². The van der Waals surface area contributed by atoms with E-state index in [1.165, 1.54) is 10.9 Å². The van der Waals surface area contributed by atoms with Crippen LogP contribution in [0.25, 0.3) is 0 Å². The molecular formula is C10H16ClN3O2S. The van der Waals surface area contributed by atoms with Crippen molar-refractivity contribution in [2.24, 2.45) is 7.05 Å². The number of rotatable bonds is 6. The van der Waals surface area contributed by atoms with Gasteiger partial charge in [-0.15, -0.1) is 0 Å². The quantitative estimate of drug-likeness (QED) is 0.811. The fourth-order valence-corrected chi connectivity index (χ4v) is 2.26. The molecule has 7 heteroatoms. The van der Waals surface area contributed by atoms with Gasteiger partial charge in [0.25, 0.3) is 5.56 Å². The van der Waals surface area contributed by atoms with E-state index in [9.17, 15) is 4.79 Å². The Bertz CT molecular complexity index is 419. The average Bonchev–Trinajstić information content (AvgIpc) is 2.30. The molecule has 17 heavy (non-hydrogen) atoms. The van der Waals surface area contributed by atoms with Crippen LogP contribution in [0.1, 0.15) is 6.42 Å². The maximum absolute atomic E-state index is 11.6. The summed E-state index contributed by atoms with van der Waals surface area (Å²) in [7, 11) is 1.55. The molecule has 2 N–H and O–H groups in total. The highest BCUT2D eigenvalue weighted by Gasteiger charge is 2.12. The molecule has 0 aromatic carbocycles. The SMILES string of the molecule is CSC[C@H](CCO)Nc1cnn(C)c(=O)c1Cl. The Morgan fingerprint density at radius 1 is 1.71 bits per heavy atom. The van der Waals surface area contributed by atoms with Crippen LogP contribution in [0, 0.1) is 0 Å². The molecule has 0 saturated heterocycles. The Morgan fingerprint density at radius 3 is 3.00 bits per heavy atom. The summed E-state index contributed by atoms with van der Waals surface area (Å²) in [5, 5.41) is 16.1. The van der Waals surface area contributed by atoms with Crippen LogP contribution in [0.2, 0.25) is 5.02 Å². The lowest BCUT2D eigenvalue weighted by molar-refractivity contribution is 0.282. The van der Waals surface area contributed by atoms with Crippen molar-refractivity contribution in [1.82, 2.24) is 9.78 Å². The molecular weight excluding hydrogens is 262 g/mol. The van der Waals surface area contributed by atoms with E-state index in [0.29, 0.717) is 12.1 Å². The zero-order valence-corrected chi connectivity index (χ0v) is 11.4. The summed E-state index contributed by atoms with van der Waals surface area (Å²) >= 11 is 7.60. The van der Waals surface area contributed by atoms with Gasteiger partial charge in [0.2, 0.25) is 0 Å². The number of halogens is 1. The van der Waals surface area contributed by atoms with E-state index in [1.807, 2.05) is 6.26 Å². The van der Waals surface area contributed by atoms with E-state index >= 15 is 0 Å². The van der Waals surface area contributed by atoms with E-state index in [0.717, 1.165) is 5.75 Å². The van der Waals surface area contributed by atoms with Crippen LogP contribution in [0.3, 0.4) is 0 Å². The smallest absolute Gasteiger partial charge is 0.287 e. The second kappa shape index (κ2) is 6.88. The van der Waals surface area contributed by atoms with E-state index in [4.69, 9.17) is 16.7 Å². The summed E-state index contributed by atoms with van der Waals surface area (Å²) in [6.45, 7) is 0.0914. The Hall–Kier alpha value is -0.720. The van der Waals surface area contributed by atoms with Crippen LogP contribution in [-0.4, -0.2) is 39.5 Å². The van der Waals surface area contributed by atoms with Crippen molar-refractivity contribution in [1.29, 1.82) is 0 Å². The molecule has 0 aliphatic carbocycles. The molecule has 0 bridgehead atoms. The predicted octanol–water partition coefficient (Wildman–Crippen LogP) is 0.960. The minimum atomic E-state index is -0.330. The first-order valence-corrected chi connectivity index (χ1v) is 6.95. The lowest BCUT2D eigenvalue weighted by atomic mass is 10.2. The normalized spacial score (nSPS) is 12.5. The predicted molar refractivity (Wildman–Crippen MR) is 72.0 cm³/mol. The third-order valence-electron chi connectivity index (χ3n) is 2.28. The molecule has 0 spiro atoms. The van der Waals surface area contributed by atoms with Crippen LogP contribution in [-0.2, 0) is 7.05 Å². The number of nitrogens with one attached hydrogen (secondary N) is 1. The maximum atomic E-state index is 11.6. The van der Waals surface area contributed by atoms with Gasteiger partial charge in [0.15, 0.2) is 0 Å². The van der Waals surface area contributed by atoms with Gasteiger partial charge in [-0.3, -0.25) is 4.79 Å². The third-order valence-corrected chi connectivity index (χ3v) is 3.38. The van der Waals surface area contributed by atoms with E-state index in [-0.39, 0.29) is 23.2 Å². The van der Waals surface area contributed by atoms with E-state index in [2.05, 4.69) is 10.4 Å². The third kappa shape index (κ3) is 3.90. The monoisotopic (exact) mass is 277 g/mol. The first kappa shape index (κ1) is 14.3. The molecule has 0 radical (unpaired) electrons. The van der Waals surface area contributed by atoms with Crippen molar-refractivity contribution in [2.45, 2.75) is 12.5 Å². The van der Waals surface area contributed by atoms with Crippen molar-refractivity contribution in [3.05, 3.63) is 21.6 Å². The molecule has 1 aromatic heterocycles. The molecule has 5 nitrogen and oxygen atoms in total. The van der Waals surface area contributed by atoms with Crippen LogP contribution >= 0.6 is 23.4 Å². The fourth-order valence-electron chi connectivity index (χ4n) is 1.39. The number of anilines is 1. The van der Waals surface area contributed by atoms with E-state index in [1.54, 1.807) is 18.8 Å². The number of aliphatic hydroxyl groups excluding tert-OH is 1. The number of thioether (sulfide) groups is 1. The number of aromatic nitrogens is 2. The van der Waals surface area contributed by atoms with Crippen molar-refractivity contribution in [3.8, 4) is 0 Å². The second-order valence-corrected chi connectivity index (χ2v) is 4.90. The largest absolute Gasteiger partial charge is 0.396 e. The molecule has 1 aromatic rings. The highest BCUT2D eigenvalue weighted by molar-refractivity contribution is 7.98. The van der Waals surface area contributed by atoms with Crippen molar-refractivity contribution in [3.63, 3.8) is 0 Å². The molecule has 0 saturated carbocycles. The summed E-state index contributed by atoms with van der Waals surface area (Å²) in [5.41, 5.74) is 0.186. The topological polar surface area (TPSA) is 67.2 Å². The molecule has 0 aliphatic rings. The van der Waals surface area contributed by atoms with Crippen LogP contribution < -0.4 is 10.9 Å². The molecule has 1 heterocycles. The van der Waals surface area contributed by atoms with Crippen molar-refractivity contribution >= 4 is 29.1 Å². The molecule has 0 fully saturated rings. The average molecular weight is 278 g/mol. The van der Waals surface area contributed by atoms with Crippen LogP contribution in [0.5, 0.6) is 0 Å². The lowest BCUT2D eigenvalue weighted by Gasteiger charge is -2.18. The molecule has 96 valence electrons. The highest BCUT2D eigenvalue weighted by Crippen LogP contribution is 2.18. The van der Waals surface area contributed by atoms with Gasteiger partial charge < -0.3 is 10.4 Å². The van der Waals surface area contributed by atoms with Crippen LogP contribution in [0.4, 0.5) is 5.69 Å². The molecule has 0 amide bonds.